The highest BCUT2D eigenvalue weighted by Crippen LogP contribution is 2.53. The summed E-state index contributed by atoms with van der Waals surface area (Å²) in [5.41, 5.74) is 0. The van der Waals surface area contributed by atoms with Crippen LogP contribution >= 0.6 is 23.5 Å². The first kappa shape index (κ1) is 8.31. The average molecular weight is 188 g/mol. The normalized spacial score (nSPS) is 31.4. The van der Waals surface area contributed by atoms with E-state index in [0.717, 1.165) is 5.92 Å². The Kier molecular flexibility index (Phi) is 2.43. The Labute approximate surface area is 77.9 Å². The zero-order valence-corrected chi connectivity index (χ0v) is 8.77. The van der Waals surface area contributed by atoms with Gasteiger partial charge in [-0.15, -0.1) is 23.5 Å². The molecule has 11 heavy (non-hydrogen) atoms. The molecule has 2 rings (SSSR count). The topological polar surface area (TPSA) is 0 Å². The second-order valence-corrected chi connectivity index (χ2v) is 7.01. The summed E-state index contributed by atoms with van der Waals surface area (Å²) in [5, 5.41) is 0. The third kappa shape index (κ3) is 1.72. The van der Waals surface area contributed by atoms with Crippen LogP contribution in [0.1, 0.15) is 32.6 Å². The molecule has 1 aliphatic heterocycles. The zero-order valence-electron chi connectivity index (χ0n) is 7.14. The van der Waals surface area contributed by atoms with Crippen molar-refractivity contribution in [2.75, 3.05) is 11.5 Å². The van der Waals surface area contributed by atoms with Crippen molar-refractivity contribution in [3.8, 4) is 0 Å². The molecule has 0 atom stereocenters. The molecular weight excluding hydrogens is 172 g/mol. The van der Waals surface area contributed by atoms with Crippen LogP contribution in [-0.2, 0) is 0 Å². The van der Waals surface area contributed by atoms with E-state index in [2.05, 4.69) is 30.4 Å². The third-order valence-electron chi connectivity index (χ3n) is 2.85. The van der Waals surface area contributed by atoms with Crippen LogP contribution in [0.2, 0.25) is 0 Å². The Hall–Kier alpha value is 0.700. The van der Waals surface area contributed by atoms with E-state index in [-0.39, 0.29) is 0 Å². The number of hydrogen-bond donors (Lipinski definition) is 0. The van der Waals surface area contributed by atoms with Crippen molar-refractivity contribution in [2.45, 2.75) is 36.7 Å². The van der Waals surface area contributed by atoms with E-state index in [4.69, 9.17) is 0 Å². The fraction of sp³-hybridized carbons (Fsp3) is 1.00. The Balaban J connectivity index is 1.94. The first-order valence-electron chi connectivity index (χ1n) is 4.59. The van der Waals surface area contributed by atoms with Crippen molar-refractivity contribution in [1.29, 1.82) is 0 Å². The number of hydrogen-bond acceptors (Lipinski definition) is 2. The summed E-state index contributed by atoms with van der Waals surface area (Å²) < 4.78 is 0.687. The molecule has 0 nitrogen and oxygen atoms in total. The van der Waals surface area contributed by atoms with Gasteiger partial charge in [0.25, 0.3) is 0 Å². The average Bonchev–Trinajstić information content (AvgIpc) is 2.45. The fourth-order valence-corrected chi connectivity index (χ4v) is 5.28. The van der Waals surface area contributed by atoms with Crippen molar-refractivity contribution >= 4 is 23.5 Å². The van der Waals surface area contributed by atoms with Crippen molar-refractivity contribution in [2.24, 2.45) is 5.92 Å². The maximum atomic E-state index is 2.40. The van der Waals surface area contributed by atoms with E-state index < -0.39 is 0 Å². The molecule has 0 aromatic carbocycles. The summed E-state index contributed by atoms with van der Waals surface area (Å²) in [6.45, 7) is 2.40. The zero-order chi connectivity index (χ0) is 7.73. The second kappa shape index (κ2) is 3.21. The summed E-state index contributed by atoms with van der Waals surface area (Å²) in [5.74, 6) is 3.81. The van der Waals surface area contributed by atoms with E-state index in [0.29, 0.717) is 4.08 Å². The van der Waals surface area contributed by atoms with Crippen LogP contribution in [0.15, 0.2) is 0 Å². The van der Waals surface area contributed by atoms with Gasteiger partial charge in [-0.3, -0.25) is 0 Å². The number of thioether (sulfide) groups is 2. The van der Waals surface area contributed by atoms with Crippen molar-refractivity contribution in [3.63, 3.8) is 0 Å². The summed E-state index contributed by atoms with van der Waals surface area (Å²) >= 11 is 4.46. The van der Waals surface area contributed by atoms with Crippen LogP contribution in [0.4, 0.5) is 0 Å². The Morgan fingerprint density at radius 1 is 1.09 bits per heavy atom. The largest absolute Gasteiger partial charge is 0.143 e. The van der Waals surface area contributed by atoms with Gasteiger partial charge in [-0.25, -0.2) is 0 Å². The lowest BCUT2D eigenvalue weighted by Gasteiger charge is -2.34. The molecule has 1 aliphatic carbocycles. The molecule has 0 amide bonds. The maximum absolute atomic E-state index is 2.40. The van der Waals surface area contributed by atoms with Gasteiger partial charge in [-0.2, -0.15) is 0 Å². The van der Waals surface area contributed by atoms with Gasteiger partial charge in [-0.1, -0.05) is 6.92 Å². The van der Waals surface area contributed by atoms with Gasteiger partial charge < -0.3 is 0 Å². The lowest BCUT2D eigenvalue weighted by atomic mass is 9.90. The molecular formula is C9H16S2. The van der Waals surface area contributed by atoms with Gasteiger partial charge in [0.2, 0.25) is 0 Å². The SMILES string of the molecule is CC1CCC2(CC1)SCCS2. The Morgan fingerprint density at radius 2 is 1.64 bits per heavy atom. The predicted octanol–water partition coefficient (Wildman–Crippen LogP) is 3.37. The first-order valence-corrected chi connectivity index (χ1v) is 6.56. The second-order valence-electron chi connectivity index (χ2n) is 3.79. The molecule has 0 aromatic rings. The van der Waals surface area contributed by atoms with Crippen molar-refractivity contribution < 1.29 is 0 Å². The standard InChI is InChI=1S/C9H16S2/c1-8-2-4-9(5-3-8)10-6-7-11-9/h8H,2-7H2,1H3. The minimum Gasteiger partial charge on any atom is -0.143 e. The molecule has 1 saturated carbocycles. The molecule has 2 fully saturated rings. The minimum atomic E-state index is 0.687. The van der Waals surface area contributed by atoms with Crippen LogP contribution in [0.5, 0.6) is 0 Å². The molecule has 2 aliphatic rings. The smallest absolute Gasteiger partial charge is 0.0611 e. The van der Waals surface area contributed by atoms with Crippen LogP contribution in [0, 0.1) is 5.92 Å². The third-order valence-corrected chi connectivity index (χ3v) is 6.50. The van der Waals surface area contributed by atoms with Crippen LogP contribution < -0.4 is 0 Å². The van der Waals surface area contributed by atoms with Gasteiger partial charge in [0.1, 0.15) is 0 Å². The predicted molar refractivity (Wildman–Crippen MR) is 55.3 cm³/mol. The van der Waals surface area contributed by atoms with Gasteiger partial charge in [0.05, 0.1) is 4.08 Å². The highest BCUT2D eigenvalue weighted by molar-refractivity contribution is 8.21. The summed E-state index contributed by atoms with van der Waals surface area (Å²) in [6, 6.07) is 0. The van der Waals surface area contributed by atoms with Crippen LogP contribution in [0.3, 0.4) is 0 Å². The molecule has 1 spiro atoms. The van der Waals surface area contributed by atoms with Crippen LogP contribution in [0.25, 0.3) is 0 Å². The van der Waals surface area contributed by atoms with E-state index >= 15 is 0 Å². The van der Waals surface area contributed by atoms with Gasteiger partial charge in [-0.05, 0) is 31.6 Å². The van der Waals surface area contributed by atoms with Gasteiger partial charge >= 0.3 is 0 Å². The first-order chi connectivity index (χ1) is 5.31. The monoisotopic (exact) mass is 188 g/mol. The molecule has 0 N–H and O–H groups in total. The minimum absolute atomic E-state index is 0.687. The van der Waals surface area contributed by atoms with E-state index in [9.17, 15) is 0 Å². The fourth-order valence-electron chi connectivity index (χ4n) is 1.99. The van der Waals surface area contributed by atoms with E-state index in [1.165, 1.54) is 37.2 Å². The van der Waals surface area contributed by atoms with E-state index in [1.807, 2.05) is 0 Å². The molecule has 1 heterocycles. The summed E-state index contributed by atoms with van der Waals surface area (Å²) in [4.78, 5) is 0. The quantitative estimate of drug-likeness (QED) is 0.571. The van der Waals surface area contributed by atoms with Gasteiger partial charge in [0, 0.05) is 11.5 Å². The molecule has 0 radical (unpaired) electrons. The highest BCUT2D eigenvalue weighted by atomic mass is 32.2. The lowest BCUT2D eigenvalue weighted by Crippen LogP contribution is -2.24. The summed E-state index contributed by atoms with van der Waals surface area (Å²) in [7, 11) is 0. The number of rotatable bonds is 0. The van der Waals surface area contributed by atoms with Crippen molar-refractivity contribution in [3.05, 3.63) is 0 Å². The molecule has 0 unspecified atom stereocenters. The highest BCUT2D eigenvalue weighted by Gasteiger charge is 2.37. The molecule has 0 aromatic heterocycles. The van der Waals surface area contributed by atoms with Crippen LogP contribution in [-0.4, -0.2) is 15.6 Å². The molecule has 64 valence electrons. The maximum Gasteiger partial charge on any atom is 0.0611 e. The molecule has 2 heteroatoms. The van der Waals surface area contributed by atoms with Gasteiger partial charge in [0.15, 0.2) is 0 Å². The van der Waals surface area contributed by atoms with Crippen molar-refractivity contribution in [1.82, 2.24) is 0 Å². The lowest BCUT2D eigenvalue weighted by molar-refractivity contribution is 0.378. The Bertz CT molecular complexity index is 128. The Morgan fingerprint density at radius 3 is 2.18 bits per heavy atom. The van der Waals surface area contributed by atoms with E-state index in [1.54, 1.807) is 0 Å². The molecule has 1 saturated heterocycles. The summed E-state index contributed by atoms with van der Waals surface area (Å²) in [6.07, 6.45) is 5.90. The molecule has 0 bridgehead atoms.